The van der Waals surface area contributed by atoms with E-state index in [4.69, 9.17) is 9.26 Å². The fraction of sp³-hybridized carbons (Fsp3) is 0.769. The first kappa shape index (κ1) is 12.6. The van der Waals surface area contributed by atoms with Gasteiger partial charge in [0.1, 0.15) is 0 Å². The van der Waals surface area contributed by atoms with Crippen LogP contribution >= 0.6 is 0 Å². The Kier molecular flexibility index (Phi) is 3.26. The standard InChI is InChI=1S/C13H19N3O3/c1-10-14-11(15-19-10)9-16-7-6-13(4-2-8-18-13)5-3-12(16)17/h2-9H2,1H3/t13-/m0/s1. The molecule has 1 spiro atoms. The number of hydrogen-bond acceptors (Lipinski definition) is 5. The van der Waals surface area contributed by atoms with Crippen LogP contribution in [0.2, 0.25) is 0 Å². The van der Waals surface area contributed by atoms with Crippen molar-refractivity contribution in [3.8, 4) is 0 Å². The second-order valence-corrected chi connectivity index (χ2v) is 5.43. The molecule has 0 N–H and O–H groups in total. The molecular weight excluding hydrogens is 246 g/mol. The fourth-order valence-electron chi connectivity index (χ4n) is 2.97. The molecule has 1 atom stereocenters. The first-order chi connectivity index (χ1) is 9.17. The maximum Gasteiger partial charge on any atom is 0.223 e. The molecule has 0 unspecified atom stereocenters. The van der Waals surface area contributed by atoms with Crippen molar-refractivity contribution in [3.05, 3.63) is 11.7 Å². The van der Waals surface area contributed by atoms with E-state index in [2.05, 4.69) is 10.1 Å². The third-order valence-electron chi connectivity index (χ3n) is 4.07. The first-order valence-electron chi connectivity index (χ1n) is 6.88. The minimum atomic E-state index is -0.0580. The summed E-state index contributed by atoms with van der Waals surface area (Å²) in [6, 6.07) is 0. The van der Waals surface area contributed by atoms with Gasteiger partial charge in [-0.3, -0.25) is 4.79 Å². The van der Waals surface area contributed by atoms with E-state index in [0.717, 1.165) is 32.3 Å². The summed E-state index contributed by atoms with van der Waals surface area (Å²) < 4.78 is 10.8. The summed E-state index contributed by atoms with van der Waals surface area (Å²) in [5.74, 6) is 1.27. The van der Waals surface area contributed by atoms with Gasteiger partial charge in [0.25, 0.3) is 0 Å². The summed E-state index contributed by atoms with van der Waals surface area (Å²) in [6.45, 7) is 3.74. The summed E-state index contributed by atoms with van der Waals surface area (Å²) in [5.41, 5.74) is -0.0580. The Bertz CT molecular complexity index is 465. The van der Waals surface area contributed by atoms with Gasteiger partial charge in [-0.25, -0.2) is 0 Å². The van der Waals surface area contributed by atoms with Crippen molar-refractivity contribution in [1.29, 1.82) is 0 Å². The van der Waals surface area contributed by atoms with Gasteiger partial charge in [-0.1, -0.05) is 5.16 Å². The van der Waals surface area contributed by atoms with Gasteiger partial charge in [0, 0.05) is 26.5 Å². The number of aromatic nitrogens is 2. The summed E-state index contributed by atoms with van der Waals surface area (Å²) in [6.07, 6.45) is 4.49. The molecule has 1 aromatic heterocycles. The highest BCUT2D eigenvalue weighted by atomic mass is 16.5. The maximum absolute atomic E-state index is 12.1. The monoisotopic (exact) mass is 265 g/mol. The molecule has 0 aliphatic carbocycles. The molecule has 1 amide bonds. The molecule has 0 saturated carbocycles. The van der Waals surface area contributed by atoms with E-state index in [1.807, 2.05) is 4.90 Å². The minimum absolute atomic E-state index is 0.0580. The van der Waals surface area contributed by atoms with Crippen molar-refractivity contribution < 1.29 is 14.1 Å². The number of amides is 1. The molecule has 19 heavy (non-hydrogen) atoms. The van der Waals surface area contributed by atoms with Crippen LogP contribution in [0.4, 0.5) is 0 Å². The molecule has 104 valence electrons. The van der Waals surface area contributed by atoms with Crippen LogP contribution in [0.3, 0.4) is 0 Å². The van der Waals surface area contributed by atoms with Crippen LogP contribution in [0.15, 0.2) is 4.52 Å². The van der Waals surface area contributed by atoms with Crippen LogP contribution in [-0.4, -0.2) is 39.7 Å². The molecule has 2 aliphatic heterocycles. The highest BCUT2D eigenvalue weighted by Gasteiger charge is 2.38. The van der Waals surface area contributed by atoms with Crippen LogP contribution in [0.5, 0.6) is 0 Å². The van der Waals surface area contributed by atoms with Gasteiger partial charge in [-0.05, 0) is 25.7 Å². The normalized spacial score (nSPS) is 28.1. The predicted molar refractivity (Wildman–Crippen MR) is 66.2 cm³/mol. The zero-order valence-corrected chi connectivity index (χ0v) is 11.2. The Balaban J connectivity index is 1.67. The number of nitrogens with zero attached hydrogens (tertiary/aromatic N) is 3. The minimum Gasteiger partial charge on any atom is -0.375 e. The molecule has 6 nitrogen and oxygen atoms in total. The Labute approximate surface area is 112 Å². The Morgan fingerprint density at radius 3 is 2.95 bits per heavy atom. The van der Waals surface area contributed by atoms with Crippen molar-refractivity contribution in [1.82, 2.24) is 15.0 Å². The number of carbonyl (C=O) groups excluding carboxylic acids is 1. The average molecular weight is 265 g/mol. The third kappa shape index (κ3) is 2.63. The van der Waals surface area contributed by atoms with E-state index in [1.165, 1.54) is 0 Å². The van der Waals surface area contributed by atoms with Crippen LogP contribution < -0.4 is 0 Å². The van der Waals surface area contributed by atoms with Gasteiger partial charge < -0.3 is 14.2 Å². The number of ether oxygens (including phenoxy) is 1. The van der Waals surface area contributed by atoms with Crippen LogP contribution in [-0.2, 0) is 16.1 Å². The molecular formula is C13H19N3O3. The molecule has 6 heteroatoms. The number of rotatable bonds is 2. The second kappa shape index (κ2) is 4.92. The lowest BCUT2D eigenvalue weighted by atomic mass is 9.92. The zero-order chi connectivity index (χ0) is 13.3. The predicted octanol–water partition coefficient (Wildman–Crippen LogP) is 1.44. The van der Waals surface area contributed by atoms with E-state index in [9.17, 15) is 4.79 Å². The summed E-state index contributed by atoms with van der Waals surface area (Å²) in [7, 11) is 0. The summed E-state index contributed by atoms with van der Waals surface area (Å²) in [4.78, 5) is 18.1. The van der Waals surface area contributed by atoms with Crippen molar-refractivity contribution in [3.63, 3.8) is 0 Å². The topological polar surface area (TPSA) is 68.5 Å². The van der Waals surface area contributed by atoms with Crippen molar-refractivity contribution in [2.45, 2.75) is 51.2 Å². The number of hydrogen-bond donors (Lipinski definition) is 0. The van der Waals surface area contributed by atoms with Crippen LogP contribution in [0.1, 0.15) is 43.8 Å². The third-order valence-corrected chi connectivity index (χ3v) is 4.07. The Morgan fingerprint density at radius 2 is 2.26 bits per heavy atom. The van der Waals surface area contributed by atoms with Gasteiger partial charge in [0.05, 0.1) is 12.1 Å². The zero-order valence-electron chi connectivity index (χ0n) is 11.2. The average Bonchev–Trinajstić information content (AvgIpc) is 2.98. The Morgan fingerprint density at radius 1 is 1.37 bits per heavy atom. The van der Waals surface area contributed by atoms with Crippen molar-refractivity contribution >= 4 is 5.91 Å². The van der Waals surface area contributed by atoms with Crippen molar-refractivity contribution in [2.75, 3.05) is 13.2 Å². The lowest BCUT2D eigenvalue weighted by molar-refractivity contribution is -0.131. The van der Waals surface area contributed by atoms with E-state index < -0.39 is 0 Å². The molecule has 2 fully saturated rings. The van der Waals surface area contributed by atoms with Crippen LogP contribution in [0, 0.1) is 6.92 Å². The quantitative estimate of drug-likeness (QED) is 0.809. The van der Waals surface area contributed by atoms with E-state index in [0.29, 0.717) is 31.2 Å². The second-order valence-electron chi connectivity index (χ2n) is 5.43. The van der Waals surface area contributed by atoms with Gasteiger partial charge in [-0.15, -0.1) is 0 Å². The lowest BCUT2D eigenvalue weighted by Crippen LogP contribution is -2.32. The molecule has 1 aromatic rings. The molecule has 3 heterocycles. The summed E-state index contributed by atoms with van der Waals surface area (Å²) >= 11 is 0. The number of carbonyl (C=O) groups is 1. The van der Waals surface area contributed by atoms with Gasteiger partial charge in [-0.2, -0.15) is 4.98 Å². The highest BCUT2D eigenvalue weighted by molar-refractivity contribution is 5.76. The van der Waals surface area contributed by atoms with E-state index >= 15 is 0 Å². The van der Waals surface area contributed by atoms with Gasteiger partial charge in [0.15, 0.2) is 5.82 Å². The molecule has 0 bridgehead atoms. The van der Waals surface area contributed by atoms with Gasteiger partial charge in [0.2, 0.25) is 11.8 Å². The SMILES string of the molecule is Cc1nc(CN2CC[C@]3(CCCO3)CCC2=O)no1. The van der Waals surface area contributed by atoms with Crippen LogP contribution in [0.25, 0.3) is 0 Å². The fourth-order valence-corrected chi connectivity index (χ4v) is 2.97. The Hall–Kier alpha value is -1.43. The maximum atomic E-state index is 12.1. The molecule has 2 aliphatic rings. The molecule has 2 saturated heterocycles. The lowest BCUT2D eigenvalue weighted by Gasteiger charge is -2.26. The molecule has 3 rings (SSSR count). The number of likely N-dealkylation sites (tertiary alicyclic amines) is 1. The van der Waals surface area contributed by atoms with E-state index in [1.54, 1.807) is 6.92 Å². The van der Waals surface area contributed by atoms with E-state index in [-0.39, 0.29) is 11.5 Å². The largest absolute Gasteiger partial charge is 0.375 e. The molecule has 0 aromatic carbocycles. The number of aryl methyl sites for hydroxylation is 1. The highest BCUT2D eigenvalue weighted by Crippen LogP contribution is 2.36. The first-order valence-corrected chi connectivity index (χ1v) is 6.88. The van der Waals surface area contributed by atoms with Crippen molar-refractivity contribution in [2.24, 2.45) is 0 Å². The van der Waals surface area contributed by atoms with Gasteiger partial charge >= 0.3 is 0 Å². The summed E-state index contributed by atoms with van der Waals surface area (Å²) in [5, 5.41) is 3.85. The molecule has 0 radical (unpaired) electrons. The smallest absolute Gasteiger partial charge is 0.223 e.